The van der Waals surface area contributed by atoms with E-state index in [-0.39, 0.29) is 11.8 Å². The van der Waals surface area contributed by atoms with Crippen LogP contribution >= 0.6 is 0 Å². The van der Waals surface area contributed by atoms with Crippen molar-refractivity contribution in [2.24, 2.45) is 5.92 Å². The third-order valence-electron chi connectivity index (χ3n) is 1.53. The minimum absolute atomic E-state index is 0.283. The fraction of sp³-hybridized carbons (Fsp3) is 0.667. The Balaban J connectivity index is 4.37. The standard InChI is InChI=1S/C9H17NO2/c1-6(2)9(7(3)4)10-8(12)5-11/h6,11H,5H2,1-4H3,(H,10,12). The van der Waals surface area contributed by atoms with Gasteiger partial charge < -0.3 is 10.4 Å². The first kappa shape index (κ1) is 11.2. The maximum Gasteiger partial charge on any atom is 0.249 e. The summed E-state index contributed by atoms with van der Waals surface area (Å²) in [4.78, 5) is 10.8. The predicted octanol–water partition coefficient (Wildman–Crippen LogP) is 1.04. The van der Waals surface area contributed by atoms with Gasteiger partial charge in [0.25, 0.3) is 0 Å². The van der Waals surface area contributed by atoms with Crippen molar-refractivity contribution >= 4 is 5.91 Å². The minimum atomic E-state index is -0.455. The SMILES string of the molecule is CC(C)=C(NC(=O)CO)C(C)C. The molecular formula is C9H17NO2. The molecule has 0 radical (unpaired) electrons. The Morgan fingerprint density at radius 1 is 1.42 bits per heavy atom. The summed E-state index contributed by atoms with van der Waals surface area (Å²) in [6.07, 6.45) is 0. The number of rotatable bonds is 3. The van der Waals surface area contributed by atoms with E-state index < -0.39 is 6.61 Å². The number of carbonyl (C=O) groups excluding carboxylic acids is 1. The van der Waals surface area contributed by atoms with Crippen LogP contribution in [0, 0.1) is 5.92 Å². The van der Waals surface area contributed by atoms with Crippen molar-refractivity contribution in [3.63, 3.8) is 0 Å². The van der Waals surface area contributed by atoms with E-state index in [2.05, 4.69) is 5.32 Å². The number of aliphatic hydroxyl groups excluding tert-OH is 1. The molecule has 1 amide bonds. The molecule has 70 valence electrons. The zero-order valence-corrected chi connectivity index (χ0v) is 8.14. The van der Waals surface area contributed by atoms with E-state index in [1.54, 1.807) is 0 Å². The van der Waals surface area contributed by atoms with Gasteiger partial charge >= 0.3 is 0 Å². The van der Waals surface area contributed by atoms with E-state index in [1.807, 2.05) is 27.7 Å². The zero-order valence-electron chi connectivity index (χ0n) is 8.14. The summed E-state index contributed by atoms with van der Waals surface area (Å²) in [5.41, 5.74) is 1.97. The highest BCUT2D eigenvalue weighted by Crippen LogP contribution is 2.10. The number of hydrogen-bond acceptors (Lipinski definition) is 2. The third kappa shape index (κ3) is 3.53. The summed E-state index contributed by atoms with van der Waals surface area (Å²) in [7, 11) is 0. The second-order valence-corrected chi connectivity index (χ2v) is 3.27. The van der Waals surface area contributed by atoms with Gasteiger partial charge in [-0.3, -0.25) is 4.79 Å². The number of nitrogens with one attached hydrogen (secondary N) is 1. The summed E-state index contributed by atoms with van der Waals surface area (Å²) in [6, 6.07) is 0. The Kier molecular flexibility index (Phi) is 4.59. The zero-order chi connectivity index (χ0) is 9.72. The van der Waals surface area contributed by atoms with Crippen LogP contribution in [0.4, 0.5) is 0 Å². The maximum absolute atomic E-state index is 10.8. The average molecular weight is 171 g/mol. The number of hydrogen-bond donors (Lipinski definition) is 2. The third-order valence-corrected chi connectivity index (χ3v) is 1.53. The number of aliphatic hydroxyl groups is 1. The van der Waals surface area contributed by atoms with Crippen LogP contribution in [0.5, 0.6) is 0 Å². The Bertz CT molecular complexity index is 191. The molecule has 0 fully saturated rings. The number of amides is 1. The molecule has 0 atom stereocenters. The van der Waals surface area contributed by atoms with Gasteiger partial charge in [0.2, 0.25) is 5.91 Å². The topological polar surface area (TPSA) is 49.3 Å². The van der Waals surface area contributed by atoms with E-state index in [0.717, 1.165) is 11.3 Å². The normalized spacial score (nSPS) is 9.83. The molecule has 0 saturated heterocycles. The van der Waals surface area contributed by atoms with E-state index in [4.69, 9.17) is 5.11 Å². The van der Waals surface area contributed by atoms with Gasteiger partial charge in [-0.15, -0.1) is 0 Å². The molecule has 0 saturated carbocycles. The van der Waals surface area contributed by atoms with Gasteiger partial charge in [-0.05, 0) is 19.8 Å². The summed E-state index contributed by atoms with van der Waals surface area (Å²) >= 11 is 0. The molecule has 0 aliphatic rings. The molecular weight excluding hydrogens is 154 g/mol. The van der Waals surface area contributed by atoms with Crippen molar-refractivity contribution < 1.29 is 9.90 Å². The molecule has 0 aromatic heterocycles. The molecule has 0 aromatic rings. The van der Waals surface area contributed by atoms with Crippen molar-refractivity contribution in [2.45, 2.75) is 27.7 Å². The summed E-state index contributed by atoms with van der Waals surface area (Å²) in [5, 5.41) is 11.2. The van der Waals surface area contributed by atoms with Gasteiger partial charge in [-0.1, -0.05) is 19.4 Å². The van der Waals surface area contributed by atoms with Gasteiger partial charge in [0, 0.05) is 5.70 Å². The molecule has 0 spiro atoms. The highest BCUT2D eigenvalue weighted by atomic mass is 16.3. The Morgan fingerprint density at radius 3 is 2.17 bits per heavy atom. The smallest absolute Gasteiger partial charge is 0.249 e. The molecule has 0 rings (SSSR count). The van der Waals surface area contributed by atoms with Crippen LogP contribution in [0.15, 0.2) is 11.3 Å². The van der Waals surface area contributed by atoms with Crippen LogP contribution in [-0.4, -0.2) is 17.6 Å². The Labute approximate surface area is 73.5 Å². The molecule has 0 aliphatic heterocycles. The first-order valence-corrected chi connectivity index (χ1v) is 4.07. The minimum Gasteiger partial charge on any atom is -0.387 e. The lowest BCUT2D eigenvalue weighted by Gasteiger charge is -2.14. The van der Waals surface area contributed by atoms with E-state index >= 15 is 0 Å². The second-order valence-electron chi connectivity index (χ2n) is 3.27. The van der Waals surface area contributed by atoms with Crippen molar-refractivity contribution in [2.75, 3.05) is 6.61 Å². The quantitative estimate of drug-likeness (QED) is 0.666. The number of allylic oxidation sites excluding steroid dienone is 2. The van der Waals surface area contributed by atoms with Crippen LogP contribution in [0.25, 0.3) is 0 Å². The summed E-state index contributed by atoms with van der Waals surface area (Å²) in [6.45, 7) is 7.42. The lowest BCUT2D eigenvalue weighted by molar-refractivity contribution is -0.123. The fourth-order valence-electron chi connectivity index (χ4n) is 1.04. The molecule has 2 N–H and O–H groups in total. The molecule has 3 heteroatoms. The Hall–Kier alpha value is -0.830. The molecule has 0 bridgehead atoms. The second kappa shape index (κ2) is 4.93. The van der Waals surface area contributed by atoms with E-state index in [9.17, 15) is 4.79 Å². The van der Waals surface area contributed by atoms with Crippen molar-refractivity contribution in [1.29, 1.82) is 0 Å². The van der Waals surface area contributed by atoms with Crippen LogP contribution in [0.3, 0.4) is 0 Å². The van der Waals surface area contributed by atoms with Crippen LogP contribution in [-0.2, 0) is 4.79 Å². The first-order chi connectivity index (χ1) is 5.49. The van der Waals surface area contributed by atoms with Crippen LogP contribution in [0.2, 0.25) is 0 Å². The maximum atomic E-state index is 10.8. The van der Waals surface area contributed by atoms with Gasteiger partial charge in [0.1, 0.15) is 6.61 Å². The van der Waals surface area contributed by atoms with Crippen molar-refractivity contribution in [3.05, 3.63) is 11.3 Å². The van der Waals surface area contributed by atoms with E-state index in [0.29, 0.717) is 0 Å². The molecule has 0 aliphatic carbocycles. The van der Waals surface area contributed by atoms with Crippen LogP contribution < -0.4 is 5.32 Å². The summed E-state index contributed by atoms with van der Waals surface area (Å²) in [5.74, 6) is -0.0644. The molecule has 12 heavy (non-hydrogen) atoms. The molecule has 0 heterocycles. The number of carbonyl (C=O) groups is 1. The monoisotopic (exact) mass is 171 g/mol. The van der Waals surface area contributed by atoms with Gasteiger partial charge in [-0.25, -0.2) is 0 Å². The average Bonchev–Trinajstić information content (AvgIpc) is 1.98. The van der Waals surface area contributed by atoms with E-state index in [1.165, 1.54) is 0 Å². The van der Waals surface area contributed by atoms with Crippen molar-refractivity contribution in [1.82, 2.24) is 5.32 Å². The Morgan fingerprint density at radius 2 is 1.92 bits per heavy atom. The van der Waals surface area contributed by atoms with Gasteiger partial charge in [-0.2, -0.15) is 0 Å². The highest BCUT2D eigenvalue weighted by Gasteiger charge is 2.07. The first-order valence-electron chi connectivity index (χ1n) is 4.07. The highest BCUT2D eigenvalue weighted by molar-refractivity contribution is 5.78. The lowest BCUT2D eigenvalue weighted by Crippen LogP contribution is -2.28. The fourth-order valence-corrected chi connectivity index (χ4v) is 1.04. The van der Waals surface area contributed by atoms with Crippen LogP contribution in [0.1, 0.15) is 27.7 Å². The summed E-state index contributed by atoms with van der Waals surface area (Å²) < 4.78 is 0. The van der Waals surface area contributed by atoms with Gasteiger partial charge in [0.15, 0.2) is 0 Å². The molecule has 0 unspecified atom stereocenters. The largest absolute Gasteiger partial charge is 0.387 e. The lowest BCUT2D eigenvalue weighted by atomic mass is 10.1. The molecule has 3 nitrogen and oxygen atoms in total. The predicted molar refractivity (Wildman–Crippen MR) is 48.4 cm³/mol. The molecule has 0 aromatic carbocycles. The van der Waals surface area contributed by atoms with Crippen molar-refractivity contribution in [3.8, 4) is 0 Å². The van der Waals surface area contributed by atoms with Gasteiger partial charge in [0.05, 0.1) is 0 Å².